The maximum atomic E-state index is 14.0. The van der Waals surface area contributed by atoms with E-state index in [1.807, 2.05) is 0 Å². The van der Waals surface area contributed by atoms with Gasteiger partial charge in [0.05, 0.1) is 34.8 Å². The van der Waals surface area contributed by atoms with Crippen LogP contribution in [-0.4, -0.2) is 22.9 Å². The number of pyridine rings is 1. The number of aromatic nitrogens is 1. The highest BCUT2D eigenvalue weighted by atomic mass is 19.1. The Labute approximate surface area is 136 Å². The summed E-state index contributed by atoms with van der Waals surface area (Å²) in [4.78, 5) is 26.5. The second kappa shape index (κ2) is 5.55. The molecule has 1 aromatic carbocycles. The first kappa shape index (κ1) is 15.9. The summed E-state index contributed by atoms with van der Waals surface area (Å²) >= 11 is 0. The van der Waals surface area contributed by atoms with Gasteiger partial charge in [-0.2, -0.15) is 0 Å². The Hall–Kier alpha value is -3.03. The van der Waals surface area contributed by atoms with Crippen molar-refractivity contribution in [2.24, 2.45) is 5.73 Å². The number of carbonyl (C=O) groups is 1. The van der Waals surface area contributed by atoms with Crippen molar-refractivity contribution in [3.63, 3.8) is 0 Å². The molecule has 2 aromatic rings. The number of hydrogen-bond donors (Lipinski definition) is 1. The number of nitrogens with zero attached hydrogens (tertiary/aromatic N) is 2. The van der Waals surface area contributed by atoms with Crippen LogP contribution >= 0.6 is 0 Å². The topological polar surface area (TPSA) is 108 Å². The van der Waals surface area contributed by atoms with E-state index in [1.54, 1.807) is 6.07 Å². The van der Waals surface area contributed by atoms with Crippen LogP contribution in [0.25, 0.3) is 11.1 Å². The molecule has 0 atom stereocenters. The van der Waals surface area contributed by atoms with Crippen molar-refractivity contribution in [2.75, 3.05) is 7.11 Å². The monoisotopic (exact) mass is 331 g/mol. The predicted octanol–water partition coefficient (Wildman–Crippen LogP) is 2.32. The minimum absolute atomic E-state index is 0.0854. The number of carbonyl (C=O) groups excluding carboxylic acids is 1. The highest BCUT2D eigenvalue weighted by Crippen LogP contribution is 2.48. The average molecular weight is 331 g/mol. The molecule has 7 nitrogen and oxygen atoms in total. The van der Waals surface area contributed by atoms with Crippen LogP contribution in [0.15, 0.2) is 30.5 Å². The lowest BCUT2D eigenvalue weighted by molar-refractivity contribution is -0.384. The van der Waals surface area contributed by atoms with Gasteiger partial charge in [-0.25, -0.2) is 4.39 Å². The van der Waals surface area contributed by atoms with Gasteiger partial charge in [0, 0.05) is 6.20 Å². The first-order chi connectivity index (χ1) is 11.4. The molecule has 0 aliphatic heterocycles. The quantitative estimate of drug-likeness (QED) is 0.668. The molecule has 124 valence electrons. The number of rotatable bonds is 5. The van der Waals surface area contributed by atoms with Gasteiger partial charge in [-0.3, -0.25) is 19.9 Å². The second-order valence-electron chi connectivity index (χ2n) is 5.64. The summed E-state index contributed by atoms with van der Waals surface area (Å²) in [5.41, 5.74) is 5.23. The van der Waals surface area contributed by atoms with E-state index in [0.717, 1.165) is 12.1 Å². The largest absolute Gasteiger partial charge is 0.493 e. The Morgan fingerprint density at radius 3 is 2.67 bits per heavy atom. The van der Waals surface area contributed by atoms with E-state index in [-0.39, 0.29) is 17.0 Å². The average Bonchev–Trinajstić information content (AvgIpc) is 3.36. The molecule has 1 fully saturated rings. The number of halogens is 1. The molecular formula is C16H14FN3O4. The first-order valence-corrected chi connectivity index (χ1v) is 7.18. The molecular weight excluding hydrogens is 317 g/mol. The molecule has 1 aromatic heterocycles. The van der Waals surface area contributed by atoms with Crippen LogP contribution in [0.3, 0.4) is 0 Å². The summed E-state index contributed by atoms with van der Waals surface area (Å²) in [5.74, 6) is -1.41. The standard InChI is InChI=1S/C16H14FN3O4/c1-24-13-8-12(20(22)23)10(7-11(13)17)9-2-5-19-14(6-9)16(3-4-16)15(18)21/h2,5-8H,3-4H2,1H3,(H2,18,21). The van der Waals surface area contributed by atoms with Gasteiger partial charge in [-0.1, -0.05) is 0 Å². The molecule has 0 bridgehead atoms. The smallest absolute Gasteiger partial charge is 0.281 e. The molecule has 8 heteroatoms. The molecule has 0 saturated heterocycles. The number of nitro groups is 1. The van der Waals surface area contributed by atoms with Gasteiger partial charge in [0.15, 0.2) is 11.6 Å². The number of primary amides is 1. The molecule has 2 N–H and O–H groups in total. The Morgan fingerprint density at radius 1 is 1.42 bits per heavy atom. The van der Waals surface area contributed by atoms with E-state index in [2.05, 4.69) is 4.98 Å². The third-order valence-electron chi connectivity index (χ3n) is 4.25. The zero-order chi connectivity index (χ0) is 17.5. The van der Waals surface area contributed by atoms with E-state index < -0.39 is 22.1 Å². The number of nitro benzene ring substituents is 1. The Kier molecular flexibility index (Phi) is 3.67. The normalized spacial score (nSPS) is 14.9. The molecule has 1 saturated carbocycles. The van der Waals surface area contributed by atoms with Crippen molar-refractivity contribution in [3.8, 4) is 16.9 Å². The lowest BCUT2D eigenvalue weighted by Crippen LogP contribution is -2.29. The van der Waals surface area contributed by atoms with Crippen LogP contribution in [0.4, 0.5) is 10.1 Å². The van der Waals surface area contributed by atoms with Crippen LogP contribution in [0.5, 0.6) is 5.75 Å². The summed E-state index contributed by atoms with van der Waals surface area (Å²) in [6.45, 7) is 0. The van der Waals surface area contributed by atoms with Gasteiger partial charge >= 0.3 is 0 Å². The zero-order valence-electron chi connectivity index (χ0n) is 12.8. The Morgan fingerprint density at radius 2 is 2.12 bits per heavy atom. The van der Waals surface area contributed by atoms with Crippen molar-refractivity contribution in [3.05, 3.63) is 52.1 Å². The van der Waals surface area contributed by atoms with E-state index in [0.29, 0.717) is 24.1 Å². The third kappa shape index (κ3) is 2.45. The third-order valence-corrected chi connectivity index (χ3v) is 4.25. The second-order valence-corrected chi connectivity index (χ2v) is 5.64. The van der Waals surface area contributed by atoms with E-state index in [9.17, 15) is 19.3 Å². The molecule has 24 heavy (non-hydrogen) atoms. The van der Waals surface area contributed by atoms with Gasteiger partial charge in [-0.05, 0) is 36.6 Å². The molecule has 0 radical (unpaired) electrons. The number of nitrogens with two attached hydrogens (primary N) is 1. The maximum Gasteiger partial charge on any atom is 0.281 e. The van der Waals surface area contributed by atoms with Crippen molar-refractivity contribution in [2.45, 2.75) is 18.3 Å². The number of ether oxygens (including phenoxy) is 1. The minimum Gasteiger partial charge on any atom is -0.493 e. The van der Waals surface area contributed by atoms with Gasteiger partial charge < -0.3 is 10.5 Å². The molecule has 1 aliphatic rings. The fraction of sp³-hybridized carbons (Fsp3) is 0.250. The number of methoxy groups -OCH3 is 1. The molecule has 1 amide bonds. The lowest BCUT2D eigenvalue weighted by Gasteiger charge is -2.12. The Bertz CT molecular complexity index is 849. The summed E-state index contributed by atoms with van der Waals surface area (Å²) in [6, 6.07) is 5.15. The van der Waals surface area contributed by atoms with Crippen molar-refractivity contribution < 1.29 is 18.8 Å². The maximum absolute atomic E-state index is 14.0. The van der Waals surface area contributed by atoms with Crippen molar-refractivity contribution in [1.29, 1.82) is 0 Å². The molecule has 3 rings (SSSR count). The molecule has 1 heterocycles. The van der Waals surface area contributed by atoms with Crippen molar-refractivity contribution in [1.82, 2.24) is 4.98 Å². The fourth-order valence-electron chi connectivity index (χ4n) is 2.69. The van der Waals surface area contributed by atoms with Crippen LogP contribution in [0.1, 0.15) is 18.5 Å². The highest BCUT2D eigenvalue weighted by Gasteiger charge is 2.51. The Balaban J connectivity index is 2.15. The minimum atomic E-state index is -0.824. The summed E-state index contributed by atoms with van der Waals surface area (Å²) < 4.78 is 18.8. The molecule has 1 aliphatic carbocycles. The summed E-state index contributed by atoms with van der Waals surface area (Å²) in [5, 5.41) is 11.3. The van der Waals surface area contributed by atoms with Crippen LogP contribution in [0, 0.1) is 15.9 Å². The lowest BCUT2D eigenvalue weighted by atomic mass is 9.96. The number of amides is 1. The SMILES string of the molecule is COc1cc([N+](=O)[O-])c(-c2ccnc(C3(C(N)=O)CC3)c2)cc1F. The molecule has 0 spiro atoms. The van der Waals surface area contributed by atoms with E-state index in [4.69, 9.17) is 10.5 Å². The summed E-state index contributed by atoms with van der Waals surface area (Å²) in [6.07, 6.45) is 2.59. The van der Waals surface area contributed by atoms with Gasteiger partial charge in [0.25, 0.3) is 5.69 Å². The number of hydrogen-bond acceptors (Lipinski definition) is 5. The fourth-order valence-corrected chi connectivity index (χ4v) is 2.69. The van der Waals surface area contributed by atoms with Crippen LogP contribution < -0.4 is 10.5 Å². The van der Waals surface area contributed by atoms with Gasteiger partial charge in [0.2, 0.25) is 5.91 Å². The number of benzene rings is 1. The molecule has 0 unspecified atom stereocenters. The van der Waals surface area contributed by atoms with Gasteiger partial charge in [0.1, 0.15) is 0 Å². The van der Waals surface area contributed by atoms with Gasteiger partial charge in [-0.15, -0.1) is 0 Å². The predicted molar refractivity (Wildman–Crippen MR) is 82.9 cm³/mol. The summed E-state index contributed by atoms with van der Waals surface area (Å²) in [7, 11) is 1.23. The first-order valence-electron chi connectivity index (χ1n) is 7.18. The van der Waals surface area contributed by atoms with Crippen LogP contribution in [-0.2, 0) is 10.2 Å². The van der Waals surface area contributed by atoms with Crippen molar-refractivity contribution >= 4 is 11.6 Å². The van der Waals surface area contributed by atoms with E-state index in [1.165, 1.54) is 19.4 Å². The highest BCUT2D eigenvalue weighted by molar-refractivity contribution is 5.90. The van der Waals surface area contributed by atoms with E-state index >= 15 is 0 Å². The zero-order valence-corrected chi connectivity index (χ0v) is 12.8. The van der Waals surface area contributed by atoms with Crippen LogP contribution in [0.2, 0.25) is 0 Å².